The van der Waals surface area contributed by atoms with E-state index in [4.69, 9.17) is 11.8 Å². The summed E-state index contributed by atoms with van der Waals surface area (Å²) in [5, 5.41) is 6.98. The molecular formula is C19H20FN7O2. The van der Waals surface area contributed by atoms with E-state index in [1.165, 1.54) is 10.6 Å². The Morgan fingerprint density at radius 2 is 2.34 bits per heavy atom. The van der Waals surface area contributed by atoms with E-state index in [9.17, 15) is 9.18 Å². The average Bonchev–Trinajstić information content (AvgIpc) is 3.26. The molecule has 3 aromatic rings. The molecule has 1 amide bonds. The summed E-state index contributed by atoms with van der Waals surface area (Å²) < 4.78 is 29.6. The number of nitrogen functional groups attached to an aromatic ring is 1. The topological polar surface area (TPSA) is 111 Å². The molecule has 0 saturated carbocycles. The molecule has 1 fully saturated rings. The van der Waals surface area contributed by atoms with Crippen LogP contribution >= 0.6 is 0 Å². The Morgan fingerprint density at radius 1 is 1.45 bits per heavy atom. The highest BCUT2D eigenvalue weighted by Gasteiger charge is 2.31. The van der Waals surface area contributed by atoms with E-state index in [1.807, 2.05) is 4.90 Å². The zero-order valence-electron chi connectivity index (χ0n) is 16.5. The van der Waals surface area contributed by atoms with Gasteiger partial charge in [-0.1, -0.05) is 0 Å². The third kappa shape index (κ3) is 3.00. The smallest absolute Gasteiger partial charge is 0.258 e. The van der Waals surface area contributed by atoms with Crippen molar-refractivity contribution < 1.29 is 15.3 Å². The maximum Gasteiger partial charge on any atom is 0.258 e. The number of hydrogen-bond donors (Lipinski definition) is 2. The molecule has 3 N–H and O–H groups in total. The van der Waals surface area contributed by atoms with Gasteiger partial charge in [-0.15, -0.1) is 5.10 Å². The molecule has 5 rings (SSSR count). The monoisotopic (exact) mass is 398 g/mol. The number of nitrogens with zero attached hydrogens (tertiary/aromatic N) is 5. The second kappa shape index (κ2) is 6.87. The Labute approximate surface area is 167 Å². The SMILES string of the molecule is [2H]C1CC2c3cc(F)cnc3OCCCNC(=O)c3c(N)nn4ccc(nc34)N2C1. The normalized spacial score (nSPS) is 22.4. The molecular weight excluding hydrogens is 377 g/mol. The van der Waals surface area contributed by atoms with Crippen LogP contribution in [0, 0.1) is 5.82 Å². The summed E-state index contributed by atoms with van der Waals surface area (Å²) in [5.74, 6) is 0.144. The van der Waals surface area contributed by atoms with Crippen LogP contribution in [0.25, 0.3) is 5.65 Å². The first-order chi connectivity index (χ1) is 14.5. The van der Waals surface area contributed by atoms with Crippen molar-refractivity contribution in [2.24, 2.45) is 0 Å². The van der Waals surface area contributed by atoms with Crippen molar-refractivity contribution >= 4 is 23.2 Å². The van der Waals surface area contributed by atoms with Crippen LogP contribution in [0.3, 0.4) is 0 Å². The van der Waals surface area contributed by atoms with Crippen molar-refractivity contribution in [1.82, 2.24) is 24.9 Å². The van der Waals surface area contributed by atoms with Gasteiger partial charge in [-0.05, 0) is 31.4 Å². The molecule has 3 aromatic heterocycles. The molecule has 1 saturated heterocycles. The van der Waals surface area contributed by atoms with Gasteiger partial charge in [0.1, 0.15) is 17.2 Å². The fourth-order valence-electron chi connectivity index (χ4n) is 3.82. The number of rotatable bonds is 0. The average molecular weight is 398 g/mol. The number of hydrogen-bond acceptors (Lipinski definition) is 7. The standard InChI is InChI=1S/C19H20FN7O2/c20-11-9-12-13-3-1-6-26(13)14-4-7-27-17(24-14)15(16(21)25-27)18(28)22-5-2-8-29-19(12)23-10-11/h4,7,9-10,13H,1-3,5-6,8H2,(H2,21,25)(H,22,28)/i1D. The first-order valence-corrected chi connectivity index (χ1v) is 9.41. The maximum atomic E-state index is 14.1. The number of halogens is 1. The van der Waals surface area contributed by atoms with E-state index in [2.05, 4.69) is 20.4 Å². The number of carbonyl (C=O) groups is 1. The lowest BCUT2D eigenvalue weighted by Crippen LogP contribution is -2.28. The van der Waals surface area contributed by atoms with Crippen molar-refractivity contribution in [2.45, 2.75) is 25.3 Å². The Bertz CT molecular complexity index is 1140. The van der Waals surface area contributed by atoms with Gasteiger partial charge in [-0.3, -0.25) is 4.79 Å². The maximum absolute atomic E-state index is 14.1. The van der Waals surface area contributed by atoms with Gasteiger partial charge in [-0.2, -0.15) is 0 Å². The minimum Gasteiger partial charge on any atom is -0.477 e. The largest absolute Gasteiger partial charge is 0.477 e. The highest BCUT2D eigenvalue weighted by Crippen LogP contribution is 2.39. The lowest BCUT2D eigenvalue weighted by Gasteiger charge is -2.27. The highest BCUT2D eigenvalue weighted by molar-refractivity contribution is 6.04. The van der Waals surface area contributed by atoms with Gasteiger partial charge in [0.05, 0.1) is 18.8 Å². The molecule has 10 heteroatoms. The Morgan fingerprint density at radius 3 is 3.24 bits per heavy atom. The Kier molecular flexibility index (Phi) is 3.91. The molecule has 2 aliphatic heterocycles. The Hall–Kier alpha value is -3.43. The molecule has 0 radical (unpaired) electrons. The highest BCUT2D eigenvalue weighted by atomic mass is 19.1. The quantitative estimate of drug-likeness (QED) is 0.593. The number of pyridine rings is 1. The molecule has 0 aromatic carbocycles. The number of nitrogens with two attached hydrogens (primary N) is 1. The first kappa shape index (κ1) is 16.5. The summed E-state index contributed by atoms with van der Waals surface area (Å²) >= 11 is 0. The van der Waals surface area contributed by atoms with E-state index in [1.54, 1.807) is 12.3 Å². The fourth-order valence-corrected chi connectivity index (χ4v) is 3.82. The molecule has 9 nitrogen and oxygen atoms in total. The van der Waals surface area contributed by atoms with Gasteiger partial charge in [0.15, 0.2) is 11.5 Å². The van der Waals surface area contributed by atoms with Crippen LogP contribution < -0.4 is 20.7 Å². The molecule has 150 valence electrons. The van der Waals surface area contributed by atoms with Crippen molar-refractivity contribution in [3.8, 4) is 5.88 Å². The van der Waals surface area contributed by atoms with Gasteiger partial charge in [0, 0.05) is 26.2 Å². The molecule has 2 unspecified atom stereocenters. The molecule has 2 aliphatic rings. The van der Waals surface area contributed by atoms with Gasteiger partial charge >= 0.3 is 0 Å². The van der Waals surface area contributed by atoms with E-state index < -0.39 is 12.2 Å². The van der Waals surface area contributed by atoms with Crippen LogP contribution in [-0.2, 0) is 0 Å². The molecule has 29 heavy (non-hydrogen) atoms. The number of anilines is 2. The molecule has 2 atom stereocenters. The lowest BCUT2D eigenvalue weighted by molar-refractivity contribution is 0.0953. The van der Waals surface area contributed by atoms with Gasteiger partial charge in [-0.25, -0.2) is 18.9 Å². The summed E-state index contributed by atoms with van der Waals surface area (Å²) in [7, 11) is 0. The van der Waals surface area contributed by atoms with E-state index in [-0.39, 0.29) is 23.3 Å². The van der Waals surface area contributed by atoms with Gasteiger partial charge in [0.2, 0.25) is 5.88 Å². The van der Waals surface area contributed by atoms with E-state index in [0.717, 1.165) is 6.20 Å². The lowest BCUT2D eigenvalue weighted by atomic mass is 10.1. The third-order valence-corrected chi connectivity index (χ3v) is 5.16. The van der Waals surface area contributed by atoms with Gasteiger partial charge < -0.3 is 20.7 Å². The van der Waals surface area contributed by atoms with Crippen molar-refractivity contribution in [3.05, 3.63) is 41.5 Å². The molecule has 0 spiro atoms. The first-order valence-electron chi connectivity index (χ1n) is 9.99. The zero-order chi connectivity index (χ0) is 20.8. The fraction of sp³-hybridized carbons (Fsp3) is 0.368. The summed E-state index contributed by atoms with van der Waals surface area (Å²) in [4.78, 5) is 23.4. The van der Waals surface area contributed by atoms with Crippen LogP contribution in [0.1, 0.15) is 42.6 Å². The second-order valence-electron chi connectivity index (χ2n) is 7.01. The summed E-state index contributed by atoms with van der Waals surface area (Å²) in [6.45, 7) is 1.05. The third-order valence-electron chi connectivity index (χ3n) is 5.16. The number of aromatic nitrogens is 4. The predicted octanol–water partition coefficient (Wildman–Crippen LogP) is 1.70. The van der Waals surface area contributed by atoms with Crippen LogP contribution in [0.4, 0.5) is 16.0 Å². The number of ether oxygens (including phenoxy) is 1. The molecule has 0 aliphatic carbocycles. The number of amides is 1. The van der Waals surface area contributed by atoms with Gasteiger partial charge in [0.25, 0.3) is 5.91 Å². The summed E-state index contributed by atoms with van der Waals surface area (Å²) in [6, 6.07) is 2.82. The van der Waals surface area contributed by atoms with Crippen LogP contribution in [-0.4, -0.2) is 45.2 Å². The minimum atomic E-state index is -0.464. The van der Waals surface area contributed by atoms with Crippen LogP contribution in [0.2, 0.25) is 0 Å². The van der Waals surface area contributed by atoms with Crippen LogP contribution in [0.5, 0.6) is 5.88 Å². The van der Waals surface area contributed by atoms with Crippen molar-refractivity contribution in [3.63, 3.8) is 0 Å². The summed E-state index contributed by atoms with van der Waals surface area (Å²) in [6.07, 6.45) is 3.40. The van der Waals surface area contributed by atoms with E-state index >= 15 is 0 Å². The Balaban J connectivity index is 1.68. The minimum absolute atomic E-state index is 0.0912. The molecule has 5 heterocycles. The van der Waals surface area contributed by atoms with Crippen LogP contribution in [0.15, 0.2) is 24.5 Å². The number of carbonyl (C=O) groups excluding carboxylic acids is 1. The van der Waals surface area contributed by atoms with Crippen molar-refractivity contribution in [1.29, 1.82) is 0 Å². The second-order valence-corrected chi connectivity index (χ2v) is 7.01. The zero-order valence-corrected chi connectivity index (χ0v) is 15.5. The summed E-state index contributed by atoms with van der Waals surface area (Å²) in [5.41, 5.74) is 7.10. The van der Waals surface area contributed by atoms with E-state index in [0.29, 0.717) is 55.4 Å². The van der Waals surface area contributed by atoms with Crippen molar-refractivity contribution in [2.75, 3.05) is 30.3 Å². The predicted molar refractivity (Wildman–Crippen MR) is 103 cm³/mol. The number of fused-ring (bicyclic) bond motifs is 5. The molecule has 2 bridgehead atoms. The number of nitrogens with one attached hydrogen (secondary N) is 1.